The summed E-state index contributed by atoms with van der Waals surface area (Å²) in [4.78, 5) is 0. The second-order valence-electron chi connectivity index (χ2n) is 2.88. The van der Waals surface area contributed by atoms with E-state index in [4.69, 9.17) is 5.73 Å². The van der Waals surface area contributed by atoms with Gasteiger partial charge < -0.3 is 5.73 Å². The average Bonchev–Trinajstić information content (AvgIpc) is 2.12. The third-order valence-corrected chi connectivity index (χ3v) is 2.25. The molecule has 1 rings (SSSR count). The molecule has 0 aliphatic rings. The van der Waals surface area contributed by atoms with Crippen LogP contribution in [0.15, 0.2) is 21.7 Å². The van der Waals surface area contributed by atoms with Gasteiger partial charge in [0.25, 0.3) is 0 Å². The SMILES string of the molecule is Cc1cc(Br)c(F)c(C=NNC(N)=S)c1. The van der Waals surface area contributed by atoms with E-state index in [2.05, 4.69) is 38.7 Å². The summed E-state index contributed by atoms with van der Waals surface area (Å²) < 4.78 is 13.9. The minimum atomic E-state index is -0.367. The van der Waals surface area contributed by atoms with Gasteiger partial charge in [-0.05, 0) is 52.8 Å². The van der Waals surface area contributed by atoms with Gasteiger partial charge in [0.2, 0.25) is 0 Å². The van der Waals surface area contributed by atoms with Gasteiger partial charge >= 0.3 is 0 Å². The topological polar surface area (TPSA) is 50.4 Å². The standard InChI is InChI=1S/C9H9BrFN3S/c1-5-2-6(4-13-14-9(12)15)8(11)7(10)3-5/h2-4H,1H3,(H3,12,14,15). The van der Waals surface area contributed by atoms with Gasteiger partial charge in [-0.1, -0.05) is 0 Å². The molecule has 0 aliphatic carbocycles. The molecule has 0 bridgehead atoms. The number of nitrogens with one attached hydrogen (secondary N) is 1. The van der Waals surface area contributed by atoms with E-state index in [1.165, 1.54) is 6.21 Å². The highest BCUT2D eigenvalue weighted by Crippen LogP contribution is 2.19. The fourth-order valence-electron chi connectivity index (χ4n) is 1.01. The highest BCUT2D eigenvalue weighted by atomic mass is 79.9. The Morgan fingerprint density at radius 2 is 2.33 bits per heavy atom. The smallest absolute Gasteiger partial charge is 0.184 e. The summed E-state index contributed by atoms with van der Waals surface area (Å²) in [5.74, 6) is -0.367. The number of rotatable bonds is 2. The van der Waals surface area contributed by atoms with Crippen molar-refractivity contribution in [3.63, 3.8) is 0 Å². The van der Waals surface area contributed by atoms with E-state index < -0.39 is 0 Å². The van der Waals surface area contributed by atoms with Crippen LogP contribution in [0.1, 0.15) is 11.1 Å². The number of aryl methyl sites for hydroxylation is 1. The maximum absolute atomic E-state index is 13.5. The third-order valence-electron chi connectivity index (χ3n) is 1.58. The molecule has 80 valence electrons. The first kappa shape index (κ1) is 12.1. The monoisotopic (exact) mass is 289 g/mol. The molecule has 0 radical (unpaired) electrons. The molecule has 0 aromatic heterocycles. The fourth-order valence-corrected chi connectivity index (χ4v) is 1.65. The quantitative estimate of drug-likeness (QED) is 0.498. The lowest BCUT2D eigenvalue weighted by atomic mass is 10.1. The van der Waals surface area contributed by atoms with Gasteiger partial charge in [0.15, 0.2) is 5.11 Å². The number of nitrogens with two attached hydrogens (primary N) is 1. The molecule has 3 N–H and O–H groups in total. The number of hydrogen-bond acceptors (Lipinski definition) is 2. The number of hydrazone groups is 1. The molecule has 1 aromatic carbocycles. The van der Waals surface area contributed by atoms with E-state index in [1.807, 2.05) is 6.92 Å². The van der Waals surface area contributed by atoms with E-state index in [-0.39, 0.29) is 10.9 Å². The maximum Gasteiger partial charge on any atom is 0.184 e. The van der Waals surface area contributed by atoms with Crippen molar-refractivity contribution >= 4 is 39.5 Å². The highest BCUT2D eigenvalue weighted by molar-refractivity contribution is 9.10. The molecule has 15 heavy (non-hydrogen) atoms. The summed E-state index contributed by atoms with van der Waals surface area (Å²) in [5.41, 5.74) is 8.81. The highest BCUT2D eigenvalue weighted by Gasteiger charge is 2.05. The average molecular weight is 290 g/mol. The molecule has 3 nitrogen and oxygen atoms in total. The van der Waals surface area contributed by atoms with Crippen molar-refractivity contribution in [3.8, 4) is 0 Å². The Morgan fingerprint density at radius 3 is 2.93 bits per heavy atom. The second-order valence-corrected chi connectivity index (χ2v) is 4.18. The molecule has 0 fully saturated rings. The minimum Gasteiger partial charge on any atom is -0.375 e. The second kappa shape index (κ2) is 5.18. The summed E-state index contributed by atoms with van der Waals surface area (Å²) in [6.45, 7) is 1.86. The largest absolute Gasteiger partial charge is 0.375 e. The Balaban J connectivity index is 2.94. The van der Waals surface area contributed by atoms with Gasteiger partial charge in [-0.2, -0.15) is 5.10 Å². The first-order valence-electron chi connectivity index (χ1n) is 4.05. The number of nitrogens with zero attached hydrogens (tertiary/aromatic N) is 1. The zero-order valence-corrected chi connectivity index (χ0v) is 10.3. The van der Waals surface area contributed by atoms with Crippen LogP contribution in [0.25, 0.3) is 0 Å². The Morgan fingerprint density at radius 1 is 1.67 bits per heavy atom. The molecule has 0 unspecified atom stereocenters. The third kappa shape index (κ3) is 3.56. The first-order valence-corrected chi connectivity index (χ1v) is 5.25. The lowest BCUT2D eigenvalue weighted by molar-refractivity contribution is 0.618. The van der Waals surface area contributed by atoms with Crippen LogP contribution < -0.4 is 11.2 Å². The Hall–Kier alpha value is -1.01. The number of benzene rings is 1. The van der Waals surface area contributed by atoms with Gasteiger partial charge in [0.1, 0.15) is 5.82 Å². The Bertz CT molecular complexity index is 420. The first-order chi connectivity index (χ1) is 7.00. The Labute approximate surface area is 101 Å². The van der Waals surface area contributed by atoms with Crippen LogP contribution >= 0.6 is 28.1 Å². The molecule has 0 spiro atoms. The molecule has 0 saturated heterocycles. The van der Waals surface area contributed by atoms with Crippen molar-refractivity contribution < 1.29 is 4.39 Å². The normalized spacial score (nSPS) is 10.6. The molecule has 0 atom stereocenters. The minimum absolute atomic E-state index is 0.0402. The van der Waals surface area contributed by atoms with Crippen LogP contribution in [0.4, 0.5) is 4.39 Å². The van der Waals surface area contributed by atoms with Gasteiger partial charge in [-0.3, -0.25) is 5.43 Å². The van der Waals surface area contributed by atoms with E-state index in [1.54, 1.807) is 12.1 Å². The molecule has 0 saturated carbocycles. The summed E-state index contributed by atoms with van der Waals surface area (Å²) in [7, 11) is 0. The summed E-state index contributed by atoms with van der Waals surface area (Å²) in [5, 5.41) is 3.72. The molecule has 0 heterocycles. The van der Waals surface area contributed by atoms with Crippen molar-refractivity contribution in [2.75, 3.05) is 0 Å². The van der Waals surface area contributed by atoms with Crippen LogP contribution in [0.3, 0.4) is 0 Å². The van der Waals surface area contributed by atoms with Crippen LogP contribution in [-0.2, 0) is 0 Å². The van der Waals surface area contributed by atoms with Crippen LogP contribution in [-0.4, -0.2) is 11.3 Å². The molecular formula is C9H9BrFN3S. The fraction of sp³-hybridized carbons (Fsp3) is 0.111. The molecule has 0 aliphatic heterocycles. The predicted octanol–water partition coefficient (Wildman–Crippen LogP) is 2.06. The molecular weight excluding hydrogens is 281 g/mol. The van der Waals surface area contributed by atoms with E-state index in [0.29, 0.717) is 10.0 Å². The summed E-state index contributed by atoms with van der Waals surface area (Å²) in [6.07, 6.45) is 1.33. The van der Waals surface area contributed by atoms with E-state index in [9.17, 15) is 4.39 Å². The van der Waals surface area contributed by atoms with Gasteiger partial charge in [0.05, 0.1) is 10.7 Å². The number of thiocarbonyl (C=S) groups is 1. The van der Waals surface area contributed by atoms with Crippen LogP contribution in [0, 0.1) is 12.7 Å². The molecule has 6 heteroatoms. The lowest BCUT2D eigenvalue weighted by Crippen LogP contribution is -2.24. The Kier molecular flexibility index (Phi) is 4.16. The zero-order valence-electron chi connectivity index (χ0n) is 7.92. The summed E-state index contributed by atoms with van der Waals surface area (Å²) in [6, 6.07) is 3.36. The van der Waals surface area contributed by atoms with Gasteiger partial charge in [-0.25, -0.2) is 4.39 Å². The van der Waals surface area contributed by atoms with Gasteiger partial charge in [0, 0.05) is 5.56 Å². The maximum atomic E-state index is 13.5. The lowest BCUT2D eigenvalue weighted by Gasteiger charge is -2.01. The molecule has 1 aromatic rings. The van der Waals surface area contributed by atoms with E-state index in [0.717, 1.165) is 5.56 Å². The zero-order chi connectivity index (χ0) is 11.4. The molecule has 0 amide bonds. The van der Waals surface area contributed by atoms with Crippen LogP contribution in [0.2, 0.25) is 0 Å². The van der Waals surface area contributed by atoms with Crippen LogP contribution in [0.5, 0.6) is 0 Å². The van der Waals surface area contributed by atoms with Crippen molar-refractivity contribution in [2.45, 2.75) is 6.92 Å². The van der Waals surface area contributed by atoms with Crippen molar-refractivity contribution in [3.05, 3.63) is 33.5 Å². The van der Waals surface area contributed by atoms with E-state index >= 15 is 0 Å². The van der Waals surface area contributed by atoms with Crippen molar-refractivity contribution in [2.24, 2.45) is 10.8 Å². The summed E-state index contributed by atoms with van der Waals surface area (Å²) >= 11 is 7.66. The van der Waals surface area contributed by atoms with Crippen molar-refractivity contribution in [1.29, 1.82) is 0 Å². The van der Waals surface area contributed by atoms with Crippen molar-refractivity contribution in [1.82, 2.24) is 5.43 Å². The number of halogens is 2. The van der Waals surface area contributed by atoms with Gasteiger partial charge in [-0.15, -0.1) is 0 Å². The number of hydrogen-bond donors (Lipinski definition) is 2. The predicted molar refractivity (Wildman–Crippen MR) is 66.4 cm³/mol.